The van der Waals surface area contributed by atoms with Gasteiger partial charge in [0.2, 0.25) is 0 Å². The van der Waals surface area contributed by atoms with Gasteiger partial charge >= 0.3 is 5.97 Å². The standard InChI is InChI=1S/C15H21NO2S3/c1-10(7-13-9-21-11(2)16-13)14(18-12(3)17)8-15-19-5-4-6-20-15/h7,9,14-15H,4-6,8H2,1-3H3/b10-7+/t14-/m0/s1. The molecule has 0 bridgehead atoms. The molecule has 0 radical (unpaired) electrons. The van der Waals surface area contributed by atoms with Crippen LogP contribution in [0.25, 0.3) is 6.08 Å². The van der Waals surface area contributed by atoms with Crippen LogP contribution in [-0.2, 0) is 9.53 Å². The van der Waals surface area contributed by atoms with Gasteiger partial charge in [-0.1, -0.05) is 0 Å². The minimum atomic E-state index is -0.215. The minimum absolute atomic E-state index is 0.146. The third-order valence-corrected chi connectivity index (χ3v) is 6.92. The highest BCUT2D eigenvalue weighted by molar-refractivity contribution is 8.17. The molecule has 1 aliphatic rings. The van der Waals surface area contributed by atoms with E-state index in [4.69, 9.17) is 4.74 Å². The molecule has 2 rings (SSSR count). The van der Waals surface area contributed by atoms with Crippen LogP contribution in [0, 0.1) is 6.92 Å². The average molecular weight is 344 g/mol. The van der Waals surface area contributed by atoms with Crippen molar-refractivity contribution in [3.63, 3.8) is 0 Å². The SMILES string of the molecule is CC(=O)O[C@@H](CC1SCCCS1)/C(C)=C/c1csc(C)n1. The van der Waals surface area contributed by atoms with E-state index >= 15 is 0 Å². The second-order valence-electron chi connectivity index (χ2n) is 5.04. The maximum Gasteiger partial charge on any atom is 0.303 e. The van der Waals surface area contributed by atoms with Crippen LogP contribution in [0.15, 0.2) is 11.0 Å². The van der Waals surface area contributed by atoms with Crippen molar-refractivity contribution < 1.29 is 9.53 Å². The first kappa shape index (κ1) is 16.9. The van der Waals surface area contributed by atoms with Gasteiger partial charge in [0.05, 0.1) is 15.3 Å². The Kier molecular flexibility index (Phi) is 6.64. The summed E-state index contributed by atoms with van der Waals surface area (Å²) in [5.41, 5.74) is 2.03. The highest BCUT2D eigenvalue weighted by atomic mass is 32.2. The molecule has 0 amide bonds. The van der Waals surface area contributed by atoms with E-state index in [0.717, 1.165) is 22.7 Å². The fourth-order valence-corrected chi connectivity index (χ4v) is 5.63. The molecule has 0 aromatic carbocycles. The smallest absolute Gasteiger partial charge is 0.303 e. The Morgan fingerprint density at radius 3 is 2.76 bits per heavy atom. The van der Waals surface area contributed by atoms with Crippen molar-refractivity contribution in [1.29, 1.82) is 0 Å². The van der Waals surface area contributed by atoms with Crippen molar-refractivity contribution in [1.82, 2.24) is 4.98 Å². The number of esters is 1. The Bertz CT molecular complexity index is 507. The predicted molar refractivity (Wildman–Crippen MR) is 94.0 cm³/mol. The molecule has 21 heavy (non-hydrogen) atoms. The molecule has 0 N–H and O–H groups in total. The van der Waals surface area contributed by atoms with Crippen LogP contribution in [0.5, 0.6) is 0 Å². The summed E-state index contributed by atoms with van der Waals surface area (Å²) in [6.45, 7) is 5.51. The number of thioether (sulfide) groups is 2. The summed E-state index contributed by atoms with van der Waals surface area (Å²) < 4.78 is 6.05. The normalized spacial score (nSPS) is 18.5. The van der Waals surface area contributed by atoms with Crippen LogP contribution in [0.2, 0.25) is 0 Å². The largest absolute Gasteiger partial charge is 0.458 e. The topological polar surface area (TPSA) is 39.2 Å². The molecule has 3 nitrogen and oxygen atoms in total. The minimum Gasteiger partial charge on any atom is -0.458 e. The lowest BCUT2D eigenvalue weighted by Gasteiger charge is -2.26. The number of hydrogen-bond acceptors (Lipinski definition) is 6. The van der Waals surface area contributed by atoms with Gasteiger partial charge in [0.25, 0.3) is 0 Å². The molecule has 0 aliphatic carbocycles. The van der Waals surface area contributed by atoms with E-state index in [1.165, 1.54) is 24.9 Å². The fourth-order valence-electron chi connectivity index (χ4n) is 2.15. The molecule has 1 fully saturated rings. The molecule has 0 saturated carbocycles. The first-order valence-electron chi connectivity index (χ1n) is 7.05. The van der Waals surface area contributed by atoms with Crippen LogP contribution in [0.1, 0.15) is 37.4 Å². The van der Waals surface area contributed by atoms with Crippen LogP contribution in [-0.4, -0.2) is 33.1 Å². The fraction of sp³-hybridized carbons (Fsp3) is 0.600. The summed E-state index contributed by atoms with van der Waals surface area (Å²) in [6, 6.07) is 0. The van der Waals surface area contributed by atoms with E-state index in [0.29, 0.717) is 4.58 Å². The Morgan fingerprint density at radius 1 is 1.48 bits per heavy atom. The number of carbonyl (C=O) groups is 1. The number of hydrogen-bond donors (Lipinski definition) is 0. The summed E-state index contributed by atoms with van der Waals surface area (Å²) in [7, 11) is 0. The summed E-state index contributed by atoms with van der Waals surface area (Å²) >= 11 is 5.59. The molecule has 116 valence electrons. The lowest BCUT2D eigenvalue weighted by molar-refractivity contribution is -0.144. The molecular weight excluding hydrogens is 322 g/mol. The molecule has 1 atom stereocenters. The van der Waals surface area contributed by atoms with Gasteiger partial charge < -0.3 is 4.74 Å². The Hall–Kier alpha value is -0.460. The number of nitrogens with zero attached hydrogens (tertiary/aromatic N) is 1. The monoisotopic (exact) mass is 343 g/mol. The number of rotatable bonds is 5. The van der Waals surface area contributed by atoms with Gasteiger partial charge in [-0.25, -0.2) is 4.98 Å². The molecule has 1 aliphatic heterocycles. The van der Waals surface area contributed by atoms with Gasteiger partial charge in [-0.3, -0.25) is 4.79 Å². The molecule has 0 unspecified atom stereocenters. The number of aryl methyl sites for hydroxylation is 1. The van der Waals surface area contributed by atoms with E-state index in [-0.39, 0.29) is 12.1 Å². The Balaban J connectivity index is 2.06. The maximum absolute atomic E-state index is 11.4. The average Bonchev–Trinajstić information content (AvgIpc) is 2.84. The van der Waals surface area contributed by atoms with Gasteiger partial charge in [-0.2, -0.15) is 0 Å². The zero-order valence-electron chi connectivity index (χ0n) is 12.6. The van der Waals surface area contributed by atoms with Crippen molar-refractivity contribution >= 4 is 46.9 Å². The maximum atomic E-state index is 11.4. The molecular formula is C15H21NO2S3. The van der Waals surface area contributed by atoms with Gasteiger partial charge in [0.15, 0.2) is 0 Å². The molecule has 6 heteroatoms. The van der Waals surface area contributed by atoms with Crippen molar-refractivity contribution in [2.24, 2.45) is 0 Å². The van der Waals surface area contributed by atoms with Crippen molar-refractivity contribution in [2.45, 2.75) is 44.3 Å². The zero-order chi connectivity index (χ0) is 15.2. The third-order valence-electron chi connectivity index (χ3n) is 3.13. The van der Waals surface area contributed by atoms with Crippen LogP contribution < -0.4 is 0 Å². The van der Waals surface area contributed by atoms with Crippen molar-refractivity contribution in [2.75, 3.05) is 11.5 Å². The highest BCUT2D eigenvalue weighted by Gasteiger charge is 2.23. The first-order chi connectivity index (χ1) is 10.0. The third kappa shape index (κ3) is 5.68. The quantitative estimate of drug-likeness (QED) is 0.742. The number of aromatic nitrogens is 1. The highest BCUT2D eigenvalue weighted by Crippen LogP contribution is 2.35. The van der Waals surface area contributed by atoms with Crippen LogP contribution in [0.4, 0.5) is 0 Å². The van der Waals surface area contributed by atoms with E-state index < -0.39 is 0 Å². The summed E-state index contributed by atoms with van der Waals surface area (Å²) in [4.78, 5) is 15.8. The van der Waals surface area contributed by atoms with Gasteiger partial charge in [-0.15, -0.1) is 34.9 Å². The number of ether oxygens (including phenoxy) is 1. The van der Waals surface area contributed by atoms with E-state index in [9.17, 15) is 4.79 Å². The summed E-state index contributed by atoms with van der Waals surface area (Å²) in [5.74, 6) is 2.20. The van der Waals surface area contributed by atoms with Gasteiger partial charge in [0, 0.05) is 18.7 Å². The molecule has 1 aromatic heterocycles. The van der Waals surface area contributed by atoms with E-state index in [1.54, 1.807) is 11.3 Å². The number of thiazole rings is 1. The van der Waals surface area contributed by atoms with E-state index in [2.05, 4.69) is 4.98 Å². The predicted octanol–water partition coefficient (Wildman–Crippen LogP) is 4.37. The molecule has 1 aromatic rings. The van der Waals surface area contributed by atoms with Gasteiger partial charge in [-0.05, 0) is 43.4 Å². The second-order valence-corrected chi connectivity index (χ2v) is 9.02. The lowest BCUT2D eigenvalue weighted by atomic mass is 10.1. The lowest BCUT2D eigenvalue weighted by Crippen LogP contribution is -2.23. The van der Waals surface area contributed by atoms with Crippen LogP contribution in [0.3, 0.4) is 0 Å². The van der Waals surface area contributed by atoms with Gasteiger partial charge in [0.1, 0.15) is 6.10 Å². The Morgan fingerprint density at radius 2 is 2.19 bits per heavy atom. The molecule has 2 heterocycles. The molecule has 1 saturated heterocycles. The Labute approximate surface area is 138 Å². The zero-order valence-corrected chi connectivity index (χ0v) is 15.1. The second kappa shape index (κ2) is 8.25. The number of carbonyl (C=O) groups excluding carboxylic acids is 1. The molecule has 0 spiro atoms. The first-order valence-corrected chi connectivity index (χ1v) is 10.0. The summed E-state index contributed by atoms with van der Waals surface area (Å²) in [5, 5.41) is 3.09. The summed E-state index contributed by atoms with van der Waals surface area (Å²) in [6.07, 6.45) is 4.04. The van der Waals surface area contributed by atoms with Crippen LogP contribution >= 0.6 is 34.9 Å². The van der Waals surface area contributed by atoms with E-state index in [1.807, 2.05) is 48.8 Å². The van der Waals surface area contributed by atoms with Crippen molar-refractivity contribution in [3.05, 3.63) is 21.7 Å². The van der Waals surface area contributed by atoms with Crippen molar-refractivity contribution in [3.8, 4) is 0 Å².